The van der Waals surface area contributed by atoms with Gasteiger partial charge in [-0.25, -0.2) is 0 Å². The summed E-state index contributed by atoms with van der Waals surface area (Å²) in [6.07, 6.45) is 9.03. The van der Waals surface area contributed by atoms with Gasteiger partial charge in [0.05, 0.1) is 6.42 Å². The van der Waals surface area contributed by atoms with Gasteiger partial charge in [-0.1, -0.05) is 25.7 Å². The van der Waals surface area contributed by atoms with Crippen LogP contribution in [0.25, 0.3) is 0 Å². The Morgan fingerprint density at radius 1 is 1.14 bits per heavy atom. The highest BCUT2D eigenvalue weighted by Gasteiger charge is 2.40. The van der Waals surface area contributed by atoms with E-state index in [4.69, 9.17) is 5.11 Å². The monoisotopic (exact) mass is 332 g/mol. The van der Waals surface area contributed by atoms with Crippen LogP contribution in [-0.2, 0) is 15.0 Å². The van der Waals surface area contributed by atoms with E-state index in [-0.39, 0.29) is 18.4 Å². The molecule has 1 aliphatic carbocycles. The number of carboxylic acid groups (broad SMARTS) is 1. The molecule has 2 fully saturated rings. The van der Waals surface area contributed by atoms with Crippen molar-refractivity contribution in [3.8, 4) is 0 Å². The highest BCUT2D eigenvalue weighted by molar-refractivity contribution is 7.86. The molecule has 0 aromatic rings. The quantitative estimate of drug-likeness (QED) is 0.836. The Kier molecular flexibility index (Phi) is 5.85. The zero-order chi connectivity index (χ0) is 16.2. The first-order chi connectivity index (χ1) is 10.4. The van der Waals surface area contributed by atoms with Crippen molar-refractivity contribution in [2.45, 2.75) is 57.8 Å². The number of nitrogens with zero attached hydrogens (tertiary/aromatic N) is 2. The number of carbonyl (C=O) groups is 1. The van der Waals surface area contributed by atoms with Crippen LogP contribution in [0.3, 0.4) is 0 Å². The Hall–Kier alpha value is -0.660. The van der Waals surface area contributed by atoms with Crippen LogP contribution in [0.5, 0.6) is 0 Å². The van der Waals surface area contributed by atoms with Crippen LogP contribution in [0.15, 0.2) is 0 Å². The summed E-state index contributed by atoms with van der Waals surface area (Å²) in [6, 6.07) is 0. The fourth-order valence-corrected chi connectivity index (χ4v) is 5.32. The lowest BCUT2D eigenvalue weighted by atomic mass is 9.75. The molecule has 6 nitrogen and oxygen atoms in total. The molecule has 1 saturated carbocycles. The lowest BCUT2D eigenvalue weighted by Gasteiger charge is -2.43. The molecule has 0 atom stereocenters. The average Bonchev–Trinajstić information content (AvgIpc) is 2.70. The van der Waals surface area contributed by atoms with Gasteiger partial charge in [0.25, 0.3) is 10.2 Å². The summed E-state index contributed by atoms with van der Waals surface area (Å²) >= 11 is 0. The van der Waals surface area contributed by atoms with Crippen molar-refractivity contribution in [2.75, 3.05) is 26.7 Å². The van der Waals surface area contributed by atoms with Crippen molar-refractivity contribution < 1.29 is 18.3 Å². The van der Waals surface area contributed by atoms with Gasteiger partial charge in [0.1, 0.15) is 0 Å². The van der Waals surface area contributed by atoms with Gasteiger partial charge in [0, 0.05) is 26.7 Å². The number of carboxylic acids is 1. The second-order valence-corrected chi connectivity index (χ2v) is 8.86. The lowest BCUT2D eigenvalue weighted by molar-refractivity contribution is -0.137. The van der Waals surface area contributed by atoms with Gasteiger partial charge < -0.3 is 5.11 Å². The van der Waals surface area contributed by atoms with Crippen LogP contribution in [-0.4, -0.2) is 54.8 Å². The minimum atomic E-state index is -3.54. The van der Waals surface area contributed by atoms with Crippen molar-refractivity contribution in [1.29, 1.82) is 0 Å². The third-order valence-corrected chi connectivity index (χ3v) is 7.09. The van der Waals surface area contributed by atoms with Gasteiger partial charge in [0.2, 0.25) is 0 Å². The molecule has 0 unspecified atom stereocenters. The van der Waals surface area contributed by atoms with E-state index in [9.17, 15) is 13.2 Å². The van der Waals surface area contributed by atoms with E-state index in [1.165, 1.54) is 37.0 Å². The van der Waals surface area contributed by atoms with Crippen molar-refractivity contribution in [1.82, 2.24) is 8.61 Å². The Balaban J connectivity index is 2.05. The Morgan fingerprint density at radius 3 is 2.32 bits per heavy atom. The Morgan fingerprint density at radius 2 is 1.73 bits per heavy atom. The van der Waals surface area contributed by atoms with Gasteiger partial charge in [-0.2, -0.15) is 17.0 Å². The molecule has 0 aromatic carbocycles. The van der Waals surface area contributed by atoms with Crippen LogP contribution in [0, 0.1) is 5.41 Å². The van der Waals surface area contributed by atoms with E-state index < -0.39 is 16.2 Å². The first-order valence-corrected chi connectivity index (χ1v) is 9.69. The highest BCUT2D eigenvalue weighted by Crippen LogP contribution is 2.42. The fourth-order valence-electron chi connectivity index (χ4n) is 3.81. The van der Waals surface area contributed by atoms with Crippen molar-refractivity contribution in [3.05, 3.63) is 0 Å². The van der Waals surface area contributed by atoms with Crippen LogP contribution in [0.2, 0.25) is 0 Å². The largest absolute Gasteiger partial charge is 0.481 e. The van der Waals surface area contributed by atoms with Crippen molar-refractivity contribution in [3.63, 3.8) is 0 Å². The van der Waals surface area contributed by atoms with E-state index in [1.807, 2.05) is 0 Å². The van der Waals surface area contributed by atoms with Crippen molar-refractivity contribution >= 4 is 16.2 Å². The molecule has 128 valence electrons. The minimum Gasteiger partial charge on any atom is -0.481 e. The molecule has 1 spiro atoms. The zero-order valence-electron chi connectivity index (χ0n) is 13.5. The summed E-state index contributed by atoms with van der Waals surface area (Å²) in [5, 5.41) is 8.73. The van der Waals surface area contributed by atoms with Gasteiger partial charge in [-0.05, 0) is 31.1 Å². The molecule has 22 heavy (non-hydrogen) atoms. The molecule has 1 N–H and O–H groups in total. The average molecular weight is 332 g/mol. The SMILES string of the molecule is CN(CCC(=O)O)S(=O)(=O)N1CCCC2(CCCCCC2)C1. The van der Waals surface area contributed by atoms with Crippen LogP contribution < -0.4 is 0 Å². The topological polar surface area (TPSA) is 77.9 Å². The number of aliphatic carboxylic acids is 1. The third-order valence-electron chi connectivity index (χ3n) is 5.15. The maximum Gasteiger partial charge on any atom is 0.304 e. The maximum atomic E-state index is 12.7. The molecule has 1 saturated heterocycles. The summed E-state index contributed by atoms with van der Waals surface area (Å²) in [5.41, 5.74) is 0.148. The van der Waals surface area contributed by atoms with E-state index in [1.54, 1.807) is 4.31 Å². The summed E-state index contributed by atoms with van der Waals surface area (Å²) in [4.78, 5) is 10.7. The Labute approximate surface area is 133 Å². The third kappa shape index (κ3) is 4.20. The lowest BCUT2D eigenvalue weighted by Crippen LogP contribution is -2.50. The second-order valence-electron chi connectivity index (χ2n) is 6.82. The number of rotatable bonds is 5. The van der Waals surface area contributed by atoms with Gasteiger partial charge in [-0.3, -0.25) is 4.79 Å². The predicted octanol–water partition coefficient (Wildman–Crippen LogP) is 2.07. The van der Waals surface area contributed by atoms with E-state index >= 15 is 0 Å². The number of hydrogen-bond donors (Lipinski definition) is 1. The second kappa shape index (κ2) is 7.27. The van der Waals surface area contributed by atoms with E-state index in [0.717, 1.165) is 25.7 Å². The molecule has 0 radical (unpaired) electrons. The van der Waals surface area contributed by atoms with Gasteiger partial charge in [-0.15, -0.1) is 0 Å². The molecular weight excluding hydrogens is 304 g/mol. The molecule has 1 aliphatic heterocycles. The smallest absolute Gasteiger partial charge is 0.304 e. The van der Waals surface area contributed by atoms with Crippen molar-refractivity contribution in [2.24, 2.45) is 5.41 Å². The first-order valence-electron chi connectivity index (χ1n) is 8.29. The standard InChI is InChI=1S/C15H28N2O4S/c1-16(12-7-14(18)19)22(20,21)17-11-6-10-15(13-17)8-4-2-3-5-9-15/h2-13H2,1H3,(H,18,19). The van der Waals surface area contributed by atoms with Gasteiger partial charge in [0.15, 0.2) is 0 Å². The van der Waals surface area contributed by atoms with Gasteiger partial charge >= 0.3 is 5.97 Å². The molecular formula is C15H28N2O4S. The molecule has 1 heterocycles. The van der Waals surface area contributed by atoms with Crippen LogP contribution >= 0.6 is 0 Å². The number of hydrogen-bond acceptors (Lipinski definition) is 3. The number of piperidine rings is 1. The van der Waals surface area contributed by atoms with E-state index in [0.29, 0.717) is 13.1 Å². The molecule has 0 amide bonds. The van der Waals surface area contributed by atoms with Crippen LogP contribution in [0.1, 0.15) is 57.8 Å². The van der Waals surface area contributed by atoms with E-state index in [2.05, 4.69) is 0 Å². The van der Waals surface area contributed by atoms with Crippen LogP contribution in [0.4, 0.5) is 0 Å². The summed E-state index contributed by atoms with van der Waals surface area (Å²) in [6.45, 7) is 1.19. The normalized spacial score (nSPS) is 23.5. The molecule has 7 heteroatoms. The molecule has 0 bridgehead atoms. The summed E-state index contributed by atoms with van der Waals surface area (Å²) in [7, 11) is -2.06. The molecule has 2 rings (SSSR count). The molecule has 0 aromatic heterocycles. The predicted molar refractivity (Wildman–Crippen MR) is 84.7 cm³/mol. The summed E-state index contributed by atoms with van der Waals surface area (Å²) in [5.74, 6) is -0.971. The Bertz CT molecular complexity index is 484. The highest BCUT2D eigenvalue weighted by atomic mass is 32.2. The molecule has 2 aliphatic rings. The first kappa shape index (κ1) is 17.7. The minimum absolute atomic E-state index is 0.0289. The maximum absolute atomic E-state index is 12.7. The zero-order valence-corrected chi connectivity index (χ0v) is 14.3. The summed E-state index contributed by atoms with van der Waals surface area (Å²) < 4.78 is 28.1. The fraction of sp³-hybridized carbons (Fsp3) is 0.933.